The van der Waals surface area contributed by atoms with Crippen LogP contribution in [0.2, 0.25) is 0 Å². The first kappa shape index (κ1) is 16.6. The van der Waals surface area contributed by atoms with Crippen LogP contribution < -0.4 is 10.6 Å². The molecule has 0 bridgehead atoms. The van der Waals surface area contributed by atoms with Crippen LogP contribution in [0.5, 0.6) is 0 Å². The standard InChI is InChI=1S/C10H12BrN5.C6H4F2/c11-8-9(12)14-16-6-3-7(13-10(8)16)15-4-1-2-5-15;7-5-1-2-6(8)4-3-5/h3,6H,1-2,4-5H2,(H2,12,14);1-4H. The minimum atomic E-state index is -0.411. The number of nitrogen functional groups attached to an aromatic ring is 1. The van der Waals surface area contributed by atoms with Crippen LogP contribution in [0.1, 0.15) is 12.8 Å². The van der Waals surface area contributed by atoms with Gasteiger partial charge in [0.1, 0.15) is 21.9 Å². The van der Waals surface area contributed by atoms with Gasteiger partial charge in [-0.3, -0.25) is 0 Å². The number of fused-ring (bicyclic) bond motifs is 1. The summed E-state index contributed by atoms with van der Waals surface area (Å²) < 4.78 is 26.3. The molecule has 0 spiro atoms. The Kier molecular flexibility index (Phi) is 4.94. The fraction of sp³-hybridized carbons (Fsp3) is 0.250. The van der Waals surface area contributed by atoms with Crippen LogP contribution in [0.3, 0.4) is 0 Å². The van der Waals surface area contributed by atoms with E-state index in [1.807, 2.05) is 12.3 Å². The highest BCUT2D eigenvalue weighted by molar-refractivity contribution is 9.10. The van der Waals surface area contributed by atoms with Crippen molar-refractivity contribution >= 4 is 33.2 Å². The second kappa shape index (κ2) is 7.12. The Bertz CT molecular complexity index is 807. The van der Waals surface area contributed by atoms with Crippen molar-refractivity contribution in [3.05, 3.63) is 52.6 Å². The number of anilines is 2. The number of rotatable bonds is 1. The lowest BCUT2D eigenvalue weighted by atomic mass is 10.3. The first-order valence-electron chi connectivity index (χ1n) is 7.51. The van der Waals surface area contributed by atoms with Gasteiger partial charge in [0.15, 0.2) is 11.5 Å². The maximum Gasteiger partial charge on any atom is 0.173 e. The van der Waals surface area contributed by atoms with Gasteiger partial charge in [0.25, 0.3) is 0 Å². The molecule has 3 aromatic rings. The summed E-state index contributed by atoms with van der Waals surface area (Å²) in [6.07, 6.45) is 4.39. The van der Waals surface area contributed by atoms with Crippen LogP contribution in [-0.2, 0) is 0 Å². The number of aromatic nitrogens is 3. The third kappa shape index (κ3) is 3.64. The summed E-state index contributed by atoms with van der Waals surface area (Å²) in [4.78, 5) is 6.86. The van der Waals surface area contributed by atoms with Crippen LogP contribution in [-0.4, -0.2) is 27.7 Å². The van der Waals surface area contributed by atoms with Crippen molar-refractivity contribution in [2.24, 2.45) is 0 Å². The van der Waals surface area contributed by atoms with Gasteiger partial charge in [-0.05, 0) is 59.1 Å². The highest BCUT2D eigenvalue weighted by atomic mass is 79.9. The van der Waals surface area contributed by atoms with Gasteiger partial charge in [0, 0.05) is 19.3 Å². The molecule has 5 nitrogen and oxygen atoms in total. The van der Waals surface area contributed by atoms with Gasteiger partial charge in [-0.2, -0.15) is 0 Å². The Hall–Kier alpha value is -2.22. The Labute approximate surface area is 146 Å². The normalized spacial score (nSPS) is 13.9. The topological polar surface area (TPSA) is 59.4 Å². The van der Waals surface area contributed by atoms with Crippen molar-refractivity contribution in [2.75, 3.05) is 23.7 Å². The average molecular weight is 396 g/mol. The number of benzene rings is 1. The Balaban J connectivity index is 0.000000179. The molecule has 0 aliphatic carbocycles. The van der Waals surface area contributed by atoms with Crippen molar-refractivity contribution in [3.63, 3.8) is 0 Å². The summed E-state index contributed by atoms with van der Waals surface area (Å²) in [5, 5.41) is 4.15. The summed E-state index contributed by atoms with van der Waals surface area (Å²) >= 11 is 3.40. The van der Waals surface area contributed by atoms with E-state index >= 15 is 0 Å². The van der Waals surface area contributed by atoms with E-state index < -0.39 is 11.6 Å². The van der Waals surface area contributed by atoms with E-state index in [-0.39, 0.29) is 0 Å². The average Bonchev–Trinajstić information content (AvgIpc) is 3.20. The Morgan fingerprint density at radius 3 is 2.17 bits per heavy atom. The monoisotopic (exact) mass is 395 g/mol. The van der Waals surface area contributed by atoms with Crippen molar-refractivity contribution in [2.45, 2.75) is 12.8 Å². The second-order valence-corrected chi connectivity index (χ2v) is 6.18. The van der Waals surface area contributed by atoms with Crippen LogP contribution in [0, 0.1) is 11.6 Å². The number of halogens is 3. The predicted molar refractivity (Wildman–Crippen MR) is 92.9 cm³/mol. The number of nitrogens with two attached hydrogens (primary N) is 1. The Morgan fingerprint density at radius 2 is 1.58 bits per heavy atom. The zero-order valence-corrected chi connectivity index (χ0v) is 14.4. The van der Waals surface area contributed by atoms with Crippen LogP contribution in [0.25, 0.3) is 5.65 Å². The van der Waals surface area contributed by atoms with Gasteiger partial charge in [0.2, 0.25) is 0 Å². The summed E-state index contributed by atoms with van der Waals surface area (Å²) in [6, 6.07) is 6.30. The molecule has 0 unspecified atom stereocenters. The SMILES string of the molecule is Fc1ccc(F)cc1.Nc1nn2ccc(N3CCCC3)nc2c1Br. The maximum atomic E-state index is 11.9. The highest BCUT2D eigenvalue weighted by Gasteiger charge is 2.15. The van der Waals surface area contributed by atoms with E-state index in [9.17, 15) is 8.78 Å². The van der Waals surface area contributed by atoms with Gasteiger partial charge in [0.05, 0.1) is 0 Å². The molecule has 126 valence electrons. The third-order valence-corrected chi connectivity index (χ3v) is 4.43. The molecule has 2 N–H and O–H groups in total. The first-order chi connectivity index (χ1) is 11.5. The number of nitrogens with zero attached hydrogens (tertiary/aromatic N) is 4. The van der Waals surface area contributed by atoms with Crippen molar-refractivity contribution < 1.29 is 8.78 Å². The molecule has 3 heterocycles. The molecule has 8 heteroatoms. The lowest BCUT2D eigenvalue weighted by Crippen LogP contribution is -2.19. The molecule has 2 aromatic heterocycles. The van der Waals surface area contributed by atoms with Gasteiger partial charge >= 0.3 is 0 Å². The van der Waals surface area contributed by atoms with Crippen LogP contribution in [0.4, 0.5) is 20.4 Å². The third-order valence-electron chi connectivity index (χ3n) is 3.67. The van der Waals surface area contributed by atoms with Gasteiger partial charge in [-0.1, -0.05) is 0 Å². The summed E-state index contributed by atoms with van der Waals surface area (Å²) in [5.74, 6) is 0.662. The molecule has 0 amide bonds. The molecule has 1 saturated heterocycles. The van der Waals surface area contributed by atoms with Crippen molar-refractivity contribution in [3.8, 4) is 0 Å². The molecule has 1 aliphatic rings. The van der Waals surface area contributed by atoms with E-state index in [0.29, 0.717) is 5.82 Å². The summed E-state index contributed by atoms with van der Waals surface area (Å²) in [5.41, 5.74) is 6.50. The fourth-order valence-corrected chi connectivity index (χ4v) is 2.81. The van der Waals surface area contributed by atoms with Crippen LogP contribution >= 0.6 is 15.9 Å². The van der Waals surface area contributed by atoms with E-state index in [1.54, 1.807) is 4.52 Å². The van der Waals surface area contributed by atoms with E-state index in [0.717, 1.165) is 53.3 Å². The fourth-order valence-electron chi connectivity index (χ4n) is 2.46. The number of hydrogen-bond acceptors (Lipinski definition) is 4. The quantitative estimate of drug-likeness (QED) is 0.683. The van der Waals surface area contributed by atoms with E-state index in [2.05, 4.69) is 30.9 Å². The van der Waals surface area contributed by atoms with Crippen molar-refractivity contribution in [1.29, 1.82) is 0 Å². The first-order valence-corrected chi connectivity index (χ1v) is 8.30. The Morgan fingerprint density at radius 1 is 1.00 bits per heavy atom. The molecule has 1 aromatic carbocycles. The molecular weight excluding hydrogens is 380 g/mol. The lowest BCUT2D eigenvalue weighted by molar-refractivity contribution is 0.600. The predicted octanol–water partition coefficient (Wildman–Crippen LogP) is 3.64. The molecule has 0 saturated carbocycles. The molecule has 1 aliphatic heterocycles. The minimum absolute atomic E-state index is 0.411. The van der Waals surface area contributed by atoms with Gasteiger partial charge in [-0.25, -0.2) is 18.3 Å². The molecule has 1 fully saturated rings. The van der Waals surface area contributed by atoms with Gasteiger partial charge in [-0.15, -0.1) is 5.10 Å². The molecular formula is C16H16BrF2N5. The van der Waals surface area contributed by atoms with E-state index in [1.165, 1.54) is 12.8 Å². The van der Waals surface area contributed by atoms with Crippen molar-refractivity contribution in [1.82, 2.24) is 14.6 Å². The number of hydrogen-bond donors (Lipinski definition) is 1. The maximum absolute atomic E-state index is 11.9. The smallest absolute Gasteiger partial charge is 0.173 e. The second-order valence-electron chi connectivity index (χ2n) is 5.38. The minimum Gasteiger partial charge on any atom is -0.381 e. The summed E-state index contributed by atoms with van der Waals surface area (Å²) in [6.45, 7) is 2.18. The zero-order chi connectivity index (χ0) is 17.1. The van der Waals surface area contributed by atoms with E-state index in [4.69, 9.17) is 5.73 Å². The molecule has 0 atom stereocenters. The molecule has 4 rings (SSSR count). The van der Waals surface area contributed by atoms with Gasteiger partial charge < -0.3 is 10.6 Å². The molecule has 0 radical (unpaired) electrons. The zero-order valence-electron chi connectivity index (χ0n) is 12.8. The summed E-state index contributed by atoms with van der Waals surface area (Å²) in [7, 11) is 0. The van der Waals surface area contributed by atoms with Crippen LogP contribution in [0.15, 0.2) is 41.0 Å². The lowest BCUT2D eigenvalue weighted by Gasteiger charge is -2.15. The largest absolute Gasteiger partial charge is 0.381 e. The molecule has 24 heavy (non-hydrogen) atoms. The highest BCUT2D eigenvalue weighted by Crippen LogP contribution is 2.25.